The van der Waals surface area contributed by atoms with Crippen molar-refractivity contribution in [3.05, 3.63) is 11.8 Å². The maximum Gasteiger partial charge on any atom is 0.224 e. The zero-order valence-corrected chi connectivity index (χ0v) is 14.2. The Labute approximate surface area is 137 Å². The second-order valence-electron chi connectivity index (χ2n) is 6.67. The molecular formula is C16H28N4O3. The minimum absolute atomic E-state index is 0.0317. The van der Waals surface area contributed by atoms with Gasteiger partial charge in [-0.25, -0.2) is 4.98 Å². The van der Waals surface area contributed by atoms with E-state index in [1.807, 2.05) is 18.0 Å². The lowest BCUT2D eigenvalue weighted by Gasteiger charge is -2.24. The molecule has 0 saturated carbocycles. The van der Waals surface area contributed by atoms with E-state index in [1.165, 1.54) is 0 Å². The summed E-state index contributed by atoms with van der Waals surface area (Å²) in [5, 5.41) is 21.9. The van der Waals surface area contributed by atoms with E-state index >= 15 is 0 Å². The summed E-state index contributed by atoms with van der Waals surface area (Å²) in [5.74, 6) is 1.62. The maximum absolute atomic E-state index is 9.90. The van der Waals surface area contributed by atoms with Gasteiger partial charge in [-0.1, -0.05) is 0 Å². The third kappa shape index (κ3) is 5.60. The topological polar surface area (TPSA) is 90.7 Å². The molecule has 0 spiro atoms. The van der Waals surface area contributed by atoms with Crippen molar-refractivity contribution in [3.63, 3.8) is 0 Å². The average Bonchev–Trinajstić information content (AvgIpc) is 3.04. The largest absolute Gasteiger partial charge is 0.395 e. The molecule has 0 aliphatic carbocycles. The smallest absolute Gasteiger partial charge is 0.224 e. The molecule has 1 atom stereocenters. The monoisotopic (exact) mass is 324 g/mol. The van der Waals surface area contributed by atoms with Gasteiger partial charge in [-0.05, 0) is 26.7 Å². The summed E-state index contributed by atoms with van der Waals surface area (Å²) < 4.78 is 5.46. The molecule has 1 aliphatic heterocycles. The van der Waals surface area contributed by atoms with Gasteiger partial charge in [-0.3, -0.25) is 0 Å². The van der Waals surface area contributed by atoms with E-state index in [0.29, 0.717) is 32.1 Å². The Morgan fingerprint density at radius 3 is 2.83 bits per heavy atom. The summed E-state index contributed by atoms with van der Waals surface area (Å²) in [6.45, 7) is 6.19. The van der Waals surface area contributed by atoms with Crippen LogP contribution in [-0.2, 0) is 4.74 Å². The summed E-state index contributed by atoms with van der Waals surface area (Å²) in [4.78, 5) is 11.1. The fourth-order valence-corrected chi connectivity index (χ4v) is 2.43. The third-order valence-electron chi connectivity index (χ3n) is 3.93. The Balaban J connectivity index is 2.16. The zero-order chi connectivity index (χ0) is 16.9. The predicted octanol–water partition coefficient (Wildman–Crippen LogP) is 0.982. The number of aliphatic hydroxyl groups excluding tert-OH is 1. The number of aliphatic hydroxyl groups is 2. The fraction of sp³-hybridized carbons (Fsp3) is 0.750. The van der Waals surface area contributed by atoms with Crippen LogP contribution in [0.15, 0.2) is 6.07 Å². The number of hydrogen-bond donors (Lipinski definition) is 3. The Hall–Kier alpha value is -1.44. The van der Waals surface area contributed by atoms with Gasteiger partial charge in [0.1, 0.15) is 5.82 Å². The Kier molecular flexibility index (Phi) is 6.15. The summed E-state index contributed by atoms with van der Waals surface area (Å²) in [7, 11) is 1.96. The average molecular weight is 324 g/mol. The second kappa shape index (κ2) is 7.90. The number of aromatic nitrogens is 2. The molecule has 1 aromatic heterocycles. The highest BCUT2D eigenvalue weighted by Gasteiger charge is 2.22. The molecule has 1 saturated heterocycles. The van der Waals surface area contributed by atoms with Crippen molar-refractivity contribution >= 4 is 11.8 Å². The number of ether oxygens (including phenoxy) is 1. The highest BCUT2D eigenvalue weighted by Crippen LogP contribution is 2.27. The van der Waals surface area contributed by atoms with E-state index in [-0.39, 0.29) is 12.5 Å². The molecule has 1 fully saturated rings. The molecule has 3 N–H and O–H groups in total. The van der Waals surface area contributed by atoms with Gasteiger partial charge in [-0.2, -0.15) is 4.98 Å². The van der Waals surface area contributed by atoms with E-state index in [2.05, 4.69) is 15.3 Å². The van der Waals surface area contributed by atoms with Crippen LogP contribution in [0, 0.1) is 0 Å². The van der Waals surface area contributed by atoms with Gasteiger partial charge in [0.2, 0.25) is 5.95 Å². The van der Waals surface area contributed by atoms with Gasteiger partial charge in [0.15, 0.2) is 0 Å². The van der Waals surface area contributed by atoms with Crippen LogP contribution in [0.1, 0.15) is 38.3 Å². The molecule has 2 heterocycles. The molecular weight excluding hydrogens is 296 g/mol. The minimum atomic E-state index is -0.707. The normalized spacial score (nSPS) is 18.2. The molecule has 0 aromatic carbocycles. The number of rotatable bonds is 8. The number of nitrogens with zero attached hydrogens (tertiary/aromatic N) is 3. The molecule has 0 unspecified atom stereocenters. The quantitative estimate of drug-likeness (QED) is 0.656. The number of nitrogens with one attached hydrogen (secondary N) is 1. The first kappa shape index (κ1) is 17.9. The summed E-state index contributed by atoms with van der Waals surface area (Å²) >= 11 is 0. The fourth-order valence-electron chi connectivity index (χ4n) is 2.43. The van der Waals surface area contributed by atoms with Crippen LogP contribution in [0.3, 0.4) is 0 Å². The van der Waals surface area contributed by atoms with E-state index in [1.54, 1.807) is 13.8 Å². The Morgan fingerprint density at radius 1 is 1.43 bits per heavy atom. The lowest BCUT2D eigenvalue weighted by atomic mass is 10.0. The molecule has 1 aliphatic rings. The van der Waals surface area contributed by atoms with Crippen LogP contribution in [0.4, 0.5) is 11.8 Å². The van der Waals surface area contributed by atoms with Crippen LogP contribution in [0.25, 0.3) is 0 Å². The van der Waals surface area contributed by atoms with E-state index in [0.717, 1.165) is 24.5 Å². The summed E-state index contributed by atoms with van der Waals surface area (Å²) in [6.07, 6.45) is 1.61. The molecule has 7 nitrogen and oxygen atoms in total. The van der Waals surface area contributed by atoms with Crippen LogP contribution < -0.4 is 10.2 Å². The Bertz CT molecular complexity index is 499. The van der Waals surface area contributed by atoms with Crippen LogP contribution in [0.5, 0.6) is 0 Å². The van der Waals surface area contributed by atoms with Crippen molar-refractivity contribution < 1.29 is 14.9 Å². The van der Waals surface area contributed by atoms with Crippen molar-refractivity contribution in [3.8, 4) is 0 Å². The van der Waals surface area contributed by atoms with Crippen molar-refractivity contribution in [1.29, 1.82) is 0 Å². The van der Waals surface area contributed by atoms with Crippen molar-refractivity contribution in [1.82, 2.24) is 9.97 Å². The van der Waals surface area contributed by atoms with Crippen molar-refractivity contribution in [2.45, 2.75) is 38.2 Å². The van der Waals surface area contributed by atoms with Gasteiger partial charge in [-0.15, -0.1) is 0 Å². The molecule has 130 valence electrons. The van der Waals surface area contributed by atoms with E-state index in [4.69, 9.17) is 9.84 Å². The Morgan fingerprint density at radius 2 is 2.22 bits per heavy atom. The zero-order valence-electron chi connectivity index (χ0n) is 14.2. The second-order valence-corrected chi connectivity index (χ2v) is 6.67. The molecule has 0 radical (unpaired) electrons. The maximum atomic E-state index is 9.90. The number of hydrogen-bond acceptors (Lipinski definition) is 7. The van der Waals surface area contributed by atoms with Gasteiger partial charge in [0, 0.05) is 38.7 Å². The first-order valence-electron chi connectivity index (χ1n) is 8.14. The molecule has 1 aromatic rings. The lowest BCUT2D eigenvalue weighted by molar-refractivity contribution is 0.0733. The lowest BCUT2D eigenvalue weighted by Crippen LogP contribution is -2.29. The first-order valence-corrected chi connectivity index (χ1v) is 8.14. The van der Waals surface area contributed by atoms with Gasteiger partial charge in [0.25, 0.3) is 0 Å². The summed E-state index contributed by atoms with van der Waals surface area (Å²) in [6, 6.07) is 1.99. The highest BCUT2D eigenvalue weighted by molar-refractivity contribution is 5.45. The van der Waals surface area contributed by atoms with Gasteiger partial charge >= 0.3 is 0 Å². The molecule has 2 rings (SSSR count). The molecule has 7 heteroatoms. The standard InChI is InChI=1S/C16H28N4O3/c1-16(2,22)5-7-20(3)14-10-13(12-4-9-23-11-12)18-15(19-14)17-6-8-21/h10,12,21-22H,4-9,11H2,1-3H3,(H,17,18,19)/t12-/m0/s1. The minimum Gasteiger partial charge on any atom is -0.395 e. The van der Waals surface area contributed by atoms with Crippen LogP contribution >= 0.6 is 0 Å². The summed E-state index contributed by atoms with van der Waals surface area (Å²) in [5.41, 5.74) is 0.254. The molecule has 0 bridgehead atoms. The number of anilines is 2. The van der Waals surface area contributed by atoms with E-state index in [9.17, 15) is 5.11 Å². The first-order chi connectivity index (χ1) is 10.9. The highest BCUT2D eigenvalue weighted by atomic mass is 16.5. The van der Waals surface area contributed by atoms with Gasteiger partial charge in [0.05, 0.1) is 24.5 Å². The van der Waals surface area contributed by atoms with Crippen molar-refractivity contribution in [2.24, 2.45) is 0 Å². The molecule has 0 amide bonds. The SMILES string of the molecule is CN(CCC(C)(C)O)c1cc([C@H]2CCOC2)nc(NCCO)n1. The third-order valence-corrected chi connectivity index (χ3v) is 3.93. The van der Waals surface area contributed by atoms with E-state index < -0.39 is 5.60 Å². The van der Waals surface area contributed by atoms with Crippen LogP contribution in [0.2, 0.25) is 0 Å². The predicted molar refractivity (Wildman–Crippen MR) is 90.0 cm³/mol. The molecule has 23 heavy (non-hydrogen) atoms. The van der Waals surface area contributed by atoms with Crippen LogP contribution in [-0.4, -0.2) is 65.7 Å². The van der Waals surface area contributed by atoms with Crippen molar-refractivity contribution in [2.75, 3.05) is 50.2 Å². The van der Waals surface area contributed by atoms with Gasteiger partial charge < -0.3 is 25.2 Å².